The van der Waals surface area contributed by atoms with Crippen molar-refractivity contribution >= 4 is 33.3 Å². The molecule has 2 aromatic rings. The van der Waals surface area contributed by atoms with Crippen molar-refractivity contribution in [3.05, 3.63) is 40.6 Å². The van der Waals surface area contributed by atoms with E-state index >= 15 is 0 Å². The van der Waals surface area contributed by atoms with Gasteiger partial charge in [-0.15, -0.1) is 0 Å². The number of aryl methyl sites for hydroxylation is 1. The summed E-state index contributed by atoms with van der Waals surface area (Å²) in [6, 6.07) is 5.73. The Morgan fingerprint density at radius 3 is 2.62 bits per heavy atom. The van der Waals surface area contributed by atoms with Crippen LogP contribution >= 0.6 is 11.6 Å². The van der Waals surface area contributed by atoms with Crippen LogP contribution in [0.15, 0.2) is 33.7 Å². The van der Waals surface area contributed by atoms with E-state index < -0.39 is 15.9 Å². The van der Waals surface area contributed by atoms with Crippen molar-refractivity contribution in [1.82, 2.24) is 9.46 Å². The predicted molar refractivity (Wildman–Crippen MR) is 88.6 cm³/mol. The minimum absolute atomic E-state index is 0.0601. The van der Waals surface area contributed by atoms with Crippen LogP contribution in [0.5, 0.6) is 0 Å². The van der Waals surface area contributed by atoms with Crippen molar-refractivity contribution in [3.8, 4) is 0 Å². The highest BCUT2D eigenvalue weighted by Gasteiger charge is 2.29. The predicted octanol–water partition coefficient (Wildman–Crippen LogP) is 2.67. The van der Waals surface area contributed by atoms with Crippen molar-refractivity contribution in [2.24, 2.45) is 0 Å². The zero-order chi connectivity index (χ0) is 17.3. The molecule has 1 N–H and O–H groups in total. The first-order chi connectivity index (χ1) is 11.4. The summed E-state index contributed by atoms with van der Waals surface area (Å²) in [5.41, 5.74) is 0.179. The second kappa shape index (κ2) is 6.54. The molecule has 1 aliphatic heterocycles. The maximum absolute atomic E-state index is 12.7. The quantitative estimate of drug-likeness (QED) is 0.894. The first-order valence-corrected chi connectivity index (χ1v) is 9.24. The standard InChI is InChI=1S/C15H16ClN3O4S/c1-10-8-14(18-23-10)17-15(20)11-4-5-12(16)13(9-11)24(21,22)19-6-2-3-7-19/h4-5,8-9H,2-3,6-7H2,1H3,(H,17,18,20). The summed E-state index contributed by atoms with van der Waals surface area (Å²) in [6.45, 7) is 2.63. The van der Waals surface area contributed by atoms with Crippen molar-refractivity contribution < 1.29 is 17.7 Å². The van der Waals surface area contributed by atoms with E-state index in [0.717, 1.165) is 12.8 Å². The molecule has 7 nitrogen and oxygen atoms in total. The molecule has 0 bridgehead atoms. The number of benzene rings is 1. The van der Waals surface area contributed by atoms with Crippen LogP contribution in [0.3, 0.4) is 0 Å². The minimum Gasteiger partial charge on any atom is -0.360 e. The first-order valence-electron chi connectivity index (χ1n) is 7.42. The highest BCUT2D eigenvalue weighted by Crippen LogP contribution is 2.28. The van der Waals surface area contributed by atoms with E-state index in [1.165, 1.54) is 22.5 Å². The number of sulfonamides is 1. The van der Waals surface area contributed by atoms with Gasteiger partial charge >= 0.3 is 0 Å². The monoisotopic (exact) mass is 369 g/mol. The van der Waals surface area contributed by atoms with Gasteiger partial charge in [0.1, 0.15) is 10.7 Å². The van der Waals surface area contributed by atoms with Crippen LogP contribution in [0, 0.1) is 6.92 Å². The molecular weight excluding hydrogens is 354 g/mol. The van der Waals surface area contributed by atoms with Gasteiger partial charge in [-0.3, -0.25) is 4.79 Å². The number of nitrogens with one attached hydrogen (secondary N) is 1. The van der Waals surface area contributed by atoms with Crippen molar-refractivity contribution in [2.45, 2.75) is 24.7 Å². The van der Waals surface area contributed by atoms with E-state index in [1.807, 2.05) is 0 Å². The maximum Gasteiger partial charge on any atom is 0.256 e. The van der Waals surface area contributed by atoms with Gasteiger partial charge in [0.25, 0.3) is 5.91 Å². The van der Waals surface area contributed by atoms with Crippen LogP contribution in [0.25, 0.3) is 0 Å². The molecule has 3 rings (SSSR count). The number of hydrogen-bond donors (Lipinski definition) is 1. The van der Waals surface area contributed by atoms with E-state index in [-0.39, 0.29) is 21.3 Å². The molecule has 1 aromatic carbocycles. The van der Waals surface area contributed by atoms with Gasteiger partial charge in [-0.25, -0.2) is 8.42 Å². The summed E-state index contributed by atoms with van der Waals surface area (Å²) in [4.78, 5) is 12.2. The number of aromatic nitrogens is 1. The largest absolute Gasteiger partial charge is 0.360 e. The van der Waals surface area contributed by atoms with Crippen molar-refractivity contribution in [2.75, 3.05) is 18.4 Å². The number of carbonyl (C=O) groups is 1. The average Bonchev–Trinajstić information content (AvgIpc) is 3.19. The summed E-state index contributed by atoms with van der Waals surface area (Å²) < 4.78 is 31.6. The lowest BCUT2D eigenvalue weighted by molar-refractivity contribution is 0.102. The third kappa shape index (κ3) is 3.31. The molecule has 128 valence electrons. The summed E-state index contributed by atoms with van der Waals surface area (Å²) in [7, 11) is -3.71. The molecule has 0 aliphatic carbocycles. The van der Waals surface area contributed by atoms with E-state index in [1.54, 1.807) is 13.0 Å². The molecule has 0 saturated carbocycles. The molecule has 0 spiro atoms. The van der Waals surface area contributed by atoms with Gasteiger partial charge in [-0.1, -0.05) is 16.8 Å². The number of nitrogens with zero attached hydrogens (tertiary/aromatic N) is 2. The summed E-state index contributed by atoms with van der Waals surface area (Å²) >= 11 is 6.06. The van der Waals surface area contributed by atoms with Crippen LogP contribution < -0.4 is 5.32 Å². The Balaban J connectivity index is 1.89. The highest BCUT2D eigenvalue weighted by atomic mass is 35.5. The minimum atomic E-state index is -3.71. The second-order valence-electron chi connectivity index (χ2n) is 5.53. The highest BCUT2D eigenvalue weighted by molar-refractivity contribution is 7.89. The number of rotatable bonds is 4. The lowest BCUT2D eigenvalue weighted by Gasteiger charge is -2.17. The SMILES string of the molecule is Cc1cc(NC(=O)c2ccc(Cl)c(S(=O)(=O)N3CCCC3)c2)no1. The lowest BCUT2D eigenvalue weighted by Crippen LogP contribution is -2.28. The molecule has 24 heavy (non-hydrogen) atoms. The van der Waals surface area contributed by atoms with Crippen LogP contribution in [0.1, 0.15) is 29.0 Å². The van der Waals surface area contributed by atoms with Gasteiger partial charge in [-0.05, 0) is 38.0 Å². The molecule has 1 saturated heterocycles. The van der Waals surface area contributed by atoms with Crippen molar-refractivity contribution in [3.63, 3.8) is 0 Å². The molecule has 0 unspecified atom stereocenters. The molecular formula is C15H16ClN3O4S. The molecule has 1 amide bonds. The molecule has 9 heteroatoms. The summed E-state index contributed by atoms with van der Waals surface area (Å²) in [5, 5.41) is 6.32. The smallest absolute Gasteiger partial charge is 0.256 e. The topological polar surface area (TPSA) is 92.5 Å². The Hall–Kier alpha value is -1.90. The van der Waals surface area contributed by atoms with Crippen LogP contribution in [0.4, 0.5) is 5.82 Å². The van der Waals surface area contributed by atoms with Gasteiger partial charge in [0.05, 0.1) is 5.02 Å². The second-order valence-corrected chi connectivity index (χ2v) is 7.85. The fraction of sp³-hybridized carbons (Fsp3) is 0.333. The Morgan fingerprint density at radius 1 is 1.29 bits per heavy atom. The Bertz CT molecular complexity index is 873. The lowest BCUT2D eigenvalue weighted by atomic mass is 10.2. The fourth-order valence-corrected chi connectivity index (χ4v) is 4.54. The van der Waals surface area contributed by atoms with Crippen LogP contribution in [0.2, 0.25) is 5.02 Å². The van der Waals surface area contributed by atoms with E-state index in [2.05, 4.69) is 10.5 Å². The average molecular weight is 370 g/mol. The normalized spacial score (nSPS) is 15.6. The van der Waals surface area contributed by atoms with Gasteiger partial charge in [-0.2, -0.15) is 4.31 Å². The Morgan fingerprint density at radius 2 is 2.00 bits per heavy atom. The Kier molecular flexibility index (Phi) is 4.62. The fourth-order valence-electron chi connectivity index (χ4n) is 2.52. The summed E-state index contributed by atoms with van der Waals surface area (Å²) in [6.07, 6.45) is 1.64. The van der Waals surface area contributed by atoms with Gasteiger partial charge in [0.15, 0.2) is 5.82 Å². The number of carbonyl (C=O) groups excluding carboxylic acids is 1. The van der Waals surface area contributed by atoms with Crippen LogP contribution in [-0.2, 0) is 10.0 Å². The van der Waals surface area contributed by atoms with E-state index in [4.69, 9.17) is 16.1 Å². The molecule has 1 aromatic heterocycles. The zero-order valence-corrected chi connectivity index (χ0v) is 14.5. The van der Waals surface area contributed by atoms with Gasteiger partial charge < -0.3 is 9.84 Å². The molecule has 0 atom stereocenters. The maximum atomic E-state index is 12.7. The van der Waals surface area contributed by atoms with E-state index in [9.17, 15) is 13.2 Å². The zero-order valence-electron chi connectivity index (χ0n) is 13.0. The molecule has 2 heterocycles. The van der Waals surface area contributed by atoms with Gasteiger partial charge in [0, 0.05) is 24.7 Å². The number of halogens is 1. The van der Waals surface area contributed by atoms with Crippen molar-refractivity contribution in [1.29, 1.82) is 0 Å². The van der Waals surface area contributed by atoms with Gasteiger partial charge in [0.2, 0.25) is 10.0 Å². The number of amides is 1. The van der Waals surface area contributed by atoms with E-state index in [0.29, 0.717) is 18.8 Å². The third-order valence-corrected chi connectivity index (χ3v) is 6.13. The van der Waals surface area contributed by atoms with Crippen LogP contribution in [-0.4, -0.2) is 36.9 Å². The molecule has 1 aliphatic rings. The number of hydrogen-bond acceptors (Lipinski definition) is 5. The Labute approximate surface area is 144 Å². The summed E-state index contributed by atoms with van der Waals surface area (Å²) in [5.74, 6) is 0.327. The first kappa shape index (κ1) is 16.9. The third-order valence-electron chi connectivity index (χ3n) is 3.75. The number of anilines is 1. The molecule has 1 fully saturated rings. The molecule has 0 radical (unpaired) electrons.